The molecule has 1 fully saturated rings. The van der Waals surface area contributed by atoms with Crippen LogP contribution < -0.4 is 5.32 Å². The SMILES string of the molecule is CC(CCNCC1CN(C(C)C)CCO1)CCC(=O)O. The lowest BCUT2D eigenvalue weighted by atomic mass is 10.0. The average molecular weight is 286 g/mol. The molecule has 0 aromatic rings. The molecule has 0 aromatic carbocycles. The maximum atomic E-state index is 10.5. The molecule has 0 saturated carbocycles. The van der Waals surface area contributed by atoms with Gasteiger partial charge in [-0.2, -0.15) is 0 Å². The van der Waals surface area contributed by atoms with E-state index in [0.717, 1.165) is 45.6 Å². The molecule has 1 aliphatic rings. The number of ether oxygens (including phenoxy) is 1. The minimum Gasteiger partial charge on any atom is -0.481 e. The van der Waals surface area contributed by atoms with E-state index in [1.807, 2.05) is 0 Å². The van der Waals surface area contributed by atoms with E-state index in [2.05, 4.69) is 31.0 Å². The molecule has 20 heavy (non-hydrogen) atoms. The lowest BCUT2D eigenvalue weighted by Gasteiger charge is -2.35. The highest BCUT2D eigenvalue weighted by Gasteiger charge is 2.21. The minimum absolute atomic E-state index is 0.274. The van der Waals surface area contributed by atoms with Crippen molar-refractivity contribution in [3.05, 3.63) is 0 Å². The lowest BCUT2D eigenvalue weighted by molar-refractivity contribution is -0.137. The van der Waals surface area contributed by atoms with Crippen molar-refractivity contribution in [2.75, 3.05) is 32.8 Å². The molecular weight excluding hydrogens is 256 g/mol. The summed E-state index contributed by atoms with van der Waals surface area (Å²) >= 11 is 0. The van der Waals surface area contributed by atoms with Crippen LogP contribution in [0.4, 0.5) is 0 Å². The third-order valence-electron chi connectivity index (χ3n) is 3.94. The first-order chi connectivity index (χ1) is 9.49. The van der Waals surface area contributed by atoms with Gasteiger partial charge < -0.3 is 15.2 Å². The van der Waals surface area contributed by atoms with Crippen molar-refractivity contribution >= 4 is 5.97 Å². The number of hydrogen-bond donors (Lipinski definition) is 2. The summed E-state index contributed by atoms with van der Waals surface area (Å²) in [7, 11) is 0. The van der Waals surface area contributed by atoms with Crippen molar-refractivity contribution in [3.63, 3.8) is 0 Å². The molecule has 0 aliphatic carbocycles. The highest BCUT2D eigenvalue weighted by Crippen LogP contribution is 2.10. The van der Waals surface area contributed by atoms with Gasteiger partial charge in [0.2, 0.25) is 0 Å². The van der Waals surface area contributed by atoms with E-state index in [1.54, 1.807) is 0 Å². The number of carbonyl (C=O) groups is 1. The van der Waals surface area contributed by atoms with Crippen LogP contribution in [-0.4, -0.2) is 60.9 Å². The van der Waals surface area contributed by atoms with Crippen LogP contribution in [0.25, 0.3) is 0 Å². The Morgan fingerprint density at radius 3 is 2.80 bits per heavy atom. The van der Waals surface area contributed by atoms with Crippen molar-refractivity contribution in [2.24, 2.45) is 5.92 Å². The van der Waals surface area contributed by atoms with Crippen LogP contribution in [0.1, 0.15) is 40.0 Å². The summed E-state index contributed by atoms with van der Waals surface area (Å²) in [6.45, 7) is 11.2. The standard InChI is InChI=1S/C15H30N2O3/c1-12(2)17-8-9-20-14(11-17)10-16-7-6-13(3)4-5-15(18)19/h12-14,16H,4-11H2,1-3H3,(H,18,19). The van der Waals surface area contributed by atoms with Crippen LogP contribution in [0.5, 0.6) is 0 Å². The Bertz CT molecular complexity index is 284. The summed E-state index contributed by atoms with van der Waals surface area (Å²) < 4.78 is 5.76. The van der Waals surface area contributed by atoms with E-state index in [9.17, 15) is 4.79 Å². The van der Waals surface area contributed by atoms with Gasteiger partial charge in [0.05, 0.1) is 12.7 Å². The van der Waals surface area contributed by atoms with E-state index < -0.39 is 5.97 Å². The quantitative estimate of drug-likeness (QED) is 0.630. The Hall–Kier alpha value is -0.650. The molecule has 0 spiro atoms. The van der Waals surface area contributed by atoms with Crippen molar-refractivity contribution in [2.45, 2.75) is 52.2 Å². The smallest absolute Gasteiger partial charge is 0.303 e. The van der Waals surface area contributed by atoms with E-state index in [1.165, 1.54) is 0 Å². The molecule has 0 bridgehead atoms. The molecule has 2 N–H and O–H groups in total. The predicted molar refractivity (Wildman–Crippen MR) is 80.0 cm³/mol. The Balaban J connectivity index is 2.07. The third-order valence-corrected chi connectivity index (χ3v) is 3.94. The van der Waals surface area contributed by atoms with E-state index >= 15 is 0 Å². The number of morpholine rings is 1. The fourth-order valence-corrected chi connectivity index (χ4v) is 2.46. The Labute approximate surface area is 122 Å². The molecule has 1 heterocycles. The molecule has 0 amide bonds. The monoisotopic (exact) mass is 286 g/mol. The summed E-state index contributed by atoms with van der Waals surface area (Å²) in [5.74, 6) is -0.243. The first-order valence-corrected chi connectivity index (χ1v) is 7.77. The van der Waals surface area contributed by atoms with Crippen molar-refractivity contribution in [3.8, 4) is 0 Å². The number of rotatable bonds is 9. The van der Waals surface area contributed by atoms with Gasteiger partial charge >= 0.3 is 5.97 Å². The minimum atomic E-state index is -0.700. The van der Waals surface area contributed by atoms with Crippen LogP contribution in [0, 0.1) is 5.92 Å². The molecule has 5 nitrogen and oxygen atoms in total. The summed E-state index contributed by atoms with van der Waals surface area (Å²) in [5.41, 5.74) is 0. The Morgan fingerprint density at radius 1 is 1.40 bits per heavy atom. The molecule has 0 radical (unpaired) electrons. The Kier molecular flexibility index (Phi) is 8.11. The summed E-state index contributed by atoms with van der Waals surface area (Å²) in [4.78, 5) is 12.9. The highest BCUT2D eigenvalue weighted by atomic mass is 16.5. The normalized spacial score (nSPS) is 22.1. The number of carboxylic acid groups (broad SMARTS) is 1. The fourth-order valence-electron chi connectivity index (χ4n) is 2.46. The second-order valence-electron chi connectivity index (χ2n) is 6.11. The summed E-state index contributed by atoms with van der Waals surface area (Å²) in [6.07, 6.45) is 2.34. The summed E-state index contributed by atoms with van der Waals surface area (Å²) in [6, 6.07) is 0.581. The third kappa shape index (κ3) is 7.22. The van der Waals surface area contributed by atoms with Gasteiger partial charge in [-0.25, -0.2) is 0 Å². The van der Waals surface area contributed by atoms with Gasteiger partial charge in [-0.1, -0.05) is 6.92 Å². The van der Waals surface area contributed by atoms with Gasteiger partial charge in [0.15, 0.2) is 0 Å². The fraction of sp³-hybridized carbons (Fsp3) is 0.933. The average Bonchev–Trinajstić information content (AvgIpc) is 2.41. The molecular formula is C15H30N2O3. The molecule has 5 heteroatoms. The topological polar surface area (TPSA) is 61.8 Å². The predicted octanol–water partition coefficient (Wildman–Crippen LogP) is 1.58. The molecule has 0 aromatic heterocycles. The highest BCUT2D eigenvalue weighted by molar-refractivity contribution is 5.66. The largest absolute Gasteiger partial charge is 0.481 e. The van der Waals surface area contributed by atoms with Gasteiger partial charge in [0, 0.05) is 32.1 Å². The lowest BCUT2D eigenvalue weighted by Crippen LogP contribution is -2.49. The molecule has 118 valence electrons. The van der Waals surface area contributed by atoms with Crippen LogP contribution in [0.3, 0.4) is 0 Å². The van der Waals surface area contributed by atoms with Gasteiger partial charge in [-0.15, -0.1) is 0 Å². The van der Waals surface area contributed by atoms with Gasteiger partial charge in [0.25, 0.3) is 0 Å². The van der Waals surface area contributed by atoms with E-state index in [0.29, 0.717) is 12.0 Å². The molecule has 1 aliphatic heterocycles. The molecule has 2 atom stereocenters. The van der Waals surface area contributed by atoms with Crippen molar-refractivity contribution in [1.29, 1.82) is 0 Å². The maximum absolute atomic E-state index is 10.5. The van der Waals surface area contributed by atoms with Crippen LogP contribution >= 0.6 is 0 Å². The van der Waals surface area contributed by atoms with Gasteiger partial charge in [-0.3, -0.25) is 9.69 Å². The number of carboxylic acids is 1. The van der Waals surface area contributed by atoms with Crippen molar-refractivity contribution in [1.82, 2.24) is 10.2 Å². The van der Waals surface area contributed by atoms with Crippen LogP contribution in [-0.2, 0) is 9.53 Å². The molecule has 2 unspecified atom stereocenters. The zero-order chi connectivity index (χ0) is 15.0. The van der Waals surface area contributed by atoms with Gasteiger partial charge in [-0.05, 0) is 39.2 Å². The second kappa shape index (κ2) is 9.32. The van der Waals surface area contributed by atoms with E-state index in [4.69, 9.17) is 9.84 Å². The number of hydrogen-bond acceptors (Lipinski definition) is 4. The van der Waals surface area contributed by atoms with E-state index in [-0.39, 0.29) is 12.5 Å². The second-order valence-corrected chi connectivity index (χ2v) is 6.11. The van der Waals surface area contributed by atoms with Gasteiger partial charge in [0.1, 0.15) is 0 Å². The number of nitrogens with one attached hydrogen (secondary N) is 1. The van der Waals surface area contributed by atoms with Crippen LogP contribution in [0.2, 0.25) is 0 Å². The maximum Gasteiger partial charge on any atom is 0.303 e. The molecule has 1 saturated heterocycles. The number of aliphatic carboxylic acids is 1. The zero-order valence-corrected chi connectivity index (χ0v) is 13.1. The van der Waals surface area contributed by atoms with Crippen molar-refractivity contribution < 1.29 is 14.6 Å². The molecule has 1 rings (SSSR count). The first-order valence-electron chi connectivity index (χ1n) is 7.77. The zero-order valence-electron chi connectivity index (χ0n) is 13.1. The van der Waals surface area contributed by atoms with Crippen LogP contribution in [0.15, 0.2) is 0 Å². The first kappa shape index (κ1) is 17.4. The Morgan fingerprint density at radius 2 is 2.15 bits per heavy atom. The summed E-state index contributed by atoms with van der Waals surface area (Å²) in [5, 5.41) is 12.1. The number of nitrogens with zero attached hydrogens (tertiary/aromatic N) is 1.